The van der Waals surface area contributed by atoms with Crippen molar-refractivity contribution in [3.63, 3.8) is 0 Å². The summed E-state index contributed by atoms with van der Waals surface area (Å²) >= 11 is 1.58. The molecule has 21 heavy (non-hydrogen) atoms. The Kier molecular flexibility index (Phi) is 6.69. The van der Waals surface area contributed by atoms with E-state index >= 15 is 0 Å². The number of imide groups is 1. The summed E-state index contributed by atoms with van der Waals surface area (Å²) in [6.07, 6.45) is 6.04. The second-order valence-corrected chi connectivity index (χ2v) is 6.39. The van der Waals surface area contributed by atoms with Crippen molar-refractivity contribution in [3.8, 4) is 0 Å². The van der Waals surface area contributed by atoms with E-state index in [2.05, 4.69) is 15.5 Å². The van der Waals surface area contributed by atoms with E-state index in [1.165, 1.54) is 19.3 Å². The van der Waals surface area contributed by atoms with Crippen LogP contribution in [0.5, 0.6) is 0 Å². The van der Waals surface area contributed by atoms with Crippen molar-refractivity contribution in [2.24, 2.45) is 0 Å². The van der Waals surface area contributed by atoms with Crippen LogP contribution in [0.15, 0.2) is 17.5 Å². The molecule has 1 saturated heterocycles. The van der Waals surface area contributed by atoms with E-state index in [4.69, 9.17) is 0 Å². The molecule has 0 unspecified atom stereocenters. The van der Waals surface area contributed by atoms with Crippen LogP contribution in [0.3, 0.4) is 0 Å². The SMILES string of the molecule is O=C(CN1CCCCCCC1)NC(=O)NCc1cccs1. The largest absolute Gasteiger partial charge is 0.333 e. The average Bonchev–Trinajstić information content (AvgIpc) is 2.92. The number of rotatable bonds is 4. The zero-order chi connectivity index (χ0) is 14.9. The molecule has 2 N–H and O–H groups in total. The lowest BCUT2D eigenvalue weighted by molar-refractivity contribution is -0.121. The number of carbonyl (C=O) groups is 2. The molecule has 0 bridgehead atoms. The van der Waals surface area contributed by atoms with Crippen molar-refractivity contribution < 1.29 is 9.59 Å². The lowest BCUT2D eigenvalue weighted by Crippen LogP contribution is -2.44. The Balaban J connectivity index is 1.66. The normalized spacial score (nSPS) is 16.8. The van der Waals surface area contributed by atoms with Gasteiger partial charge in [-0.2, -0.15) is 0 Å². The molecule has 1 aromatic rings. The number of nitrogens with zero attached hydrogens (tertiary/aromatic N) is 1. The summed E-state index contributed by atoms with van der Waals surface area (Å²) < 4.78 is 0. The van der Waals surface area contributed by atoms with E-state index in [1.54, 1.807) is 11.3 Å². The van der Waals surface area contributed by atoms with Gasteiger partial charge in [0.15, 0.2) is 0 Å². The second kappa shape index (κ2) is 8.79. The van der Waals surface area contributed by atoms with Crippen molar-refractivity contribution in [1.82, 2.24) is 15.5 Å². The lowest BCUT2D eigenvalue weighted by atomic mass is 10.1. The highest BCUT2D eigenvalue weighted by atomic mass is 32.1. The molecule has 2 heterocycles. The number of likely N-dealkylation sites (tertiary alicyclic amines) is 1. The molecule has 5 nitrogen and oxygen atoms in total. The van der Waals surface area contributed by atoms with Crippen LogP contribution in [0.2, 0.25) is 0 Å². The Morgan fingerprint density at radius 3 is 2.52 bits per heavy atom. The average molecular weight is 309 g/mol. The van der Waals surface area contributed by atoms with Crippen molar-refractivity contribution >= 4 is 23.3 Å². The molecule has 1 aromatic heterocycles. The van der Waals surface area contributed by atoms with Gasteiger partial charge in [-0.1, -0.05) is 25.3 Å². The summed E-state index contributed by atoms with van der Waals surface area (Å²) in [5.41, 5.74) is 0. The molecule has 1 aliphatic heterocycles. The topological polar surface area (TPSA) is 61.4 Å². The van der Waals surface area contributed by atoms with Gasteiger partial charge in [0.05, 0.1) is 13.1 Å². The van der Waals surface area contributed by atoms with E-state index in [1.807, 2.05) is 17.5 Å². The molecule has 2 rings (SSSR count). The Bertz CT molecular complexity index is 440. The third-order valence-corrected chi connectivity index (χ3v) is 4.45. The van der Waals surface area contributed by atoms with Crippen molar-refractivity contribution in [2.75, 3.05) is 19.6 Å². The van der Waals surface area contributed by atoms with Gasteiger partial charge < -0.3 is 5.32 Å². The molecular weight excluding hydrogens is 286 g/mol. The molecule has 0 atom stereocenters. The van der Waals surface area contributed by atoms with E-state index in [0.717, 1.165) is 30.8 Å². The Morgan fingerprint density at radius 1 is 1.14 bits per heavy atom. The van der Waals surface area contributed by atoms with Crippen LogP contribution in [0.1, 0.15) is 37.0 Å². The quantitative estimate of drug-likeness (QED) is 0.897. The van der Waals surface area contributed by atoms with Gasteiger partial charge in [-0.15, -0.1) is 11.3 Å². The number of hydrogen-bond acceptors (Lipinski definition) is 4. The zero-order valence-corrected chi connectivity index (χ0v) is 13.1. The van der Waals surface area contributed by atoms with E-state index in [0.29, 0.717) is 13.1 Å². The zero-order valence-electron chi connectivity index (χ0n) is 12.3. The van der Waals surface area contributed by atoms with Crippen molar-refractivity contribution in [1.29, 1.82) is 0 Å². The fourth-order valence-electron chi connectivity index (χ4n) is 2.47. The van der Waals surface area contributed by atoms with Crippen molar-refractivity contribution in [3.05, 3.63) is 22.4 Å². The number of amides is 3. The maximum Gasteiger partial charge on any atom is 0.321 e. The Labute approximate surface area is 129 Å². The molecule has 1 aliphatic rings. The lowest BCUT2D eigenvalue weighted by Gasteiger charge is -2.23. The molecule has 0 radical (unpaired) electrons. The number of carbonyl (C=O) groups excluding carboxylic acids is 2. The van der Waals surface area contributed by atoms with Crippen molar-refractivity contribution in [2.45, 2.75) is 38.6 Å². The van der Waals surface area contributed by atoms with E-state index in [9.17, 15) is 9.59 Å². The summed E-state index contributed by atoms with van der Waals surface area (Å²) in [6, 6.07) is 3.47. The molecule has 0 saturated carbocycles. The first-order chi connectivity index (χ1) is 10.2. The number of nitrogens with one attached hydrogen (secondary N) is 2. The van der Waals surface area contributed by atoms with Gasteiger partial charge in [-0.3, -0.25) is 15.0 Å². The standard InChI is InChI=1S/C15H23N3O2S/c19-14(12-18-8-4-2-1-3-5-9-18)17-15(20)16-11-13-7-6-10-21-13/h6-7,10H,1-5,8-9,11-12H2,(H2,16,17,19,20). The number of thiophene rings is 1. The van der Waals surface area contributed by atoms with Crippen LogP contribution < -0.4 is 10.6 Å². The Hall–Kier alpha value is -1.40. The molecule has 0 aromatic carbocycles. The molecule has 6 heteroatoms. The minimum Gasteiger partial charge on any atom is -0.333 e. The van der Waals surface area contributed by atoms with Gasteiger partial charge in [0.2, 0.25) is 5.91 Å². The third-order valence-electron chi connectivity index (χ3n) is 3.57. The summed E-state index contributed by atoms with van der Waals surface area (Å²) in [5, 5.41) is 7.06. The number of urea groups is 1. The van der Waals surface area contributed by atoms with Crippen LogP contribution >= 0.6 is 11.3 Å². The van der Waals surface area contributed by atoms with Gasteiger partial charge in [-0.05, 0) is 37.4 Å². The fourth-order valence-corrected chi connectivity index (χ4v) is 3.11. The highest BCUT2D eigenvalue weighted by molar-refractivity contribution is 7.09. The molecule has 0 spiro atoms. The van der Waals surface area contributed by atoms with Crippen LogP contribution in [0, 0.1) is 0 Å². The first kappa shape index (κ1) is 16.0. The van der Waals surface area contributed by atoms with Gasteiger partial charge in [-0.25, -0.2) is 4.79 Å². The predicted molar refractivity (Wildman–Crippen MR) is 84.2 cm³/mol. The smallest absolute Gasteiger partial charge is 0.321 e. The molecule has 1 fully saturated rings. The van der Waals surface area contributed by atoms with Gasteiger partial charge in [0, 0.05) is 4.88 Å². The van der Waals surface area contributed by atoms with Gasteiger partial charge in [0.25, 0.3) is 0 Å². The number of hydrogen-bond donors (Lipinski definition) is 2. The van der Waals surface area contributed by atoms with Crippen LogP contribution in [-0.2, 0) is 11.3 Å². The minimum atomic E-state index is -0.416. The van der Waals surface area contributed by atoms with E-state index in [-0.39, 0.29) is 5.91 Å². The predicted octanol–water partition coefficient (Wildman–Crippen LogP) is 2.34. The monoisotopic (exact) mass is 309 g/mol. The van der Waals surface area contributed by atoms with Gasteiger partial charge >= 0.3 is 6.03 Å². The second-order valence-electron chi connectivity index (χ2n) is 5.35. The fraction of sp³-hybridized carbons (Fsp3) is 0.600. The molecule has 0 aliphatic carbocycles. The summed E-state index contributed by atoms with van der Waals surface area (Å²) in [5.74, 6) is -0.223. The molecular formula is C15H23N3O2S. The Morgan fingerprint density at radius 2 is 1.86 bits per heavy atom. The third kappa shape index (κ3) is 6.27. The van der Waals surface area contributed by atoms with Crippen LogP contribution in [-0.4, -0.2) is 36.5 Å². The summed E-state index contributed by atoms with van der Waals surface area (Å²) in [4.78, 5) is 26.7. The first-order valence-corrected chi connectivity index (χ1v) is 8.44. The molecule has 116 valence electrons. The summed E-state index contributed by atoms with van der Waals surface area (Å²) in [7, 11) is 0. The maximum atomic E-state index is 11.9. The highest BCUT2D eigenvalue weighted by Crippen LogP contribution is 2.10. The minimum absolute atomic E-state index is 0.223. The highest BCUT2D eigenvalue weighted by Gasteiger charge is 2.14. The molecule has 3 amide bonds. The van der Waals surface area contributed by atoms with Crippen LogP contribution in [0.4, 0.5) is 4.79 Å². The van der Waals surface area contributed by atoms with E-state index < -0.39 is 6.03 Å². The first-order valence-electron chi connectivity index (χ1n) is 7.56. The van der Waals surface area contributed by atoms with Crippen LogP contribution in [0.25, 0.3) is 0 Å². The van der Waals surface area contributed by atoms with Gasteiger partial charge in [0.1, 0.15) is 0 Å². The maximum absolute atomic E-state index is 11.9. The summed E-state index contributed by atoms with van der Waals surface area (Å²) in [6.45, 7) is 2.67.